The molecule has 5 N–H and O–H groups in total. The van der Waals surface area contributed by atoms with E-state index in [9.17, 15) is 9.90 Å². The lowest BCUT2D eigenvalue weighted by molar-refractivity contribution is -0.141. The number of aliphatic carboxylic acids is 1. The van der Waals surface area contributed by atoms with Crippen LogP contribution in [-0.4, -0.2) is 59.4 Å². The van der Waals surface area contributed by atoms with Gasteiger partial charge in [0.2, 0.25) is 0 Å². The molecule has 3 rings (SSSR count). The van der Waals surface area contributed by atoms with Crippen LogP contribution in [0.3, 0.4) is 0 Å². The number of nitrogens with zero attached hydrogens (tertiary/aromatic N) is 4. The van der Waals surface area contributed by atoms with E-state index in [1.54, 1.807) is 12.4 Å². The first-order valence-electron chi connectivity index (χ1n) is 14.3. The van der Waals surface area contributed by atoms with Gasteiger partial charge in [0.1, 0.15) is 11.6 Å². The number of carboxylic acid groups (broad SMARTS) is 1. The van der Waals surface area contributed by atoms with E-state index in [1.165, 1.54) is 5.56 Å². The molecule has 214 valence electrons. The third kappa shape index (κ3) is 8.24. The van der Waals surface area contributed by atoms with Crippen LogP contribution in [0.4, 0.5) is 0 Å². The number of nitrogens with one attached hydrogen (secondary N) is 2. The minimum Gasteiger partial charge on any atom is -0.480 e. The average molecular weight is 538 g/mol. The second-order valence-corrected chi connectivity index (χ2v) is 10.7. The van der Waals surface area contributed by atoms with Crippen LogP contribution in [-0.2, 0) is 17.9 Å². The highest BCUT2D eigenvalue weighted by Crippen LogP contribution is 2.34. The van der Waals surface area contributed by atoms with Crippen molar-refractivity contribution in [1.82, 2.24) is 29.7 Å². The summed E-state index contributed by atoms with van der Waals surface area (Å²) in [5, 5.41) is 9.80. The number of hydrogen-bond acceptors (Lipinski definition) is 6. The van der Waals surface area contributed by atoms with Gasteiger partial charge in [-0.15, -0.1) is 0 Å². The van der Waals surface area contributed by atoms with E-state index < -0.39 is 5.97 Å². The number of benzene rings is 1. The second kappa shape index (κ2) is 15.0. The molecule has 2 unspecified atom stereocenters. The van der Waals surface area contributed by atoms with Crippen molar-refractivity contribution in [3.8, 4) is 0 Å². The molecule has 0 aliphatic heterocycles. The Kier molecular flexibility index (Phi) is 11.7. The van der Waals surface area contributed by atoms with E-state index in [4.69, 9.17) is 5.73 Å². The van der Waals surface area contributed by atoms with Crippen LogP contribution in [0.5, 0.6) is 0 Å². The van der Waals surface area contributed by atoms with Gasteiger partial charge >= 0.3 is 5.97 Å². The maximum absolute atomic E-state index is 11.9. The van der Waals surface area contributed by atoms with Gasteiger partial charge in [0, 0.05) is 43.4 Å². The number of carboxylic acids is 1. The Morgan fingerprint density at radius 3 is 1.85 bits per heavy atom. The van der Waals surface area contributed by atoms with Crippen molar-refractivity contribution < 1.29 is 9.90 Å². The van der Waals surface area contributed by atoms with E-state index >= 15 is 0 Å². The Morgan fingerprint density at radius 2 is 1.44 bits per heavy atom. The van der Waals surface area contributed by atoms with Gasteiger partial charge < -0.3 is 20.8 Å². The number of hydrogen-bond donors (Lipinski definition) is 4. The minimum atomic E-state index is -0.787. The molecule has 0 fully saturated rings. The summed E-state index contributed by atoms with van der Waals surface area (Å²) in [6.07, 6.45) is 13.0. The van der Waals surface area contributed by atoms with Crippen molar-refractivity contribution in [1.29, 1.82) is 0 Å². The Labute approximate surface area is 233 Å². The van der Waals surface area contributed by atoms with Gasteiger partial charge in [-0.25, -0.2) is 9.97 Å². The zero-order valence-corrected chi connectivity index (χ0v) is 24.1. The van der Waals surface area contributed by atoms with E-state index in [1.807, 2.05) is 12.4 Å². The van der Waals surface area contributed by atoms with Gasteiger partial charge in [-0.1, -0.05) is 51.0 Å². The fourth-order valence-corrected chi connectivity index (χ4v) is 5.88. The normalized spacial score (nSPS) is 13.7. The first-order valence-corrected chi connectivity index (χ1v) is 14.3. The van der Waals surface area contributed by atoms with Crippen LogP contribution >= 0.6 is 0 Å². The highest BCUT2D eigenvalue weighted by atomic mass is 16.4. The standard InChI is InChI=1S/C30H47N7O2/c1-5-12-30(13-6-2,14-7-15-31)36(22-27(38)39)20-25-8-10-26(11-9-25)21-37(23(3)28-32-16-17-33-28)24(4)29-34-18-19-35-29/h8-11,16-19,23-24H,5-7,12-15,20-22,31H2,1-4H3,(H,32,33)(H,34,35)(H,38,39). The van der Waals surface area contributed by atoms with Crippen LogP contribution in [0.1, 0.15) is 101 Å². The fourth-order valence-electron chi connectivity index (χ4n) is 5.88. The monoisotopic (exact) mass is 537 g/mol. The number of nitrogens with two attached hydrogens (primary N) is 1. The van der Waals surface area contributed by atoms with Gasteiger partial charge in [0.15, 0.2) is 0 Å². The molecule has 39 heavy (non-hydrogen) atoms. The second-order valence-electron chi connectivity index (χ2n) is 10.7. The fraction of sp³-hybridized carbons (Fsp3) is 0.567. The lowest BCUT2D eigenvalue weighted by atomic mass is 9.82. The molecule has 0 aliphatic rings. The van der Waals surface area contributed by atoms with E-state index in [0.717, 1.165) is 62.3 Å². The molecule has 0 spiro atoms. The molecule has 0 bridgehead atoms. The third-order valence-corrected chi connectivity index (χ3v) is 7.86. The Bertz CT molecular complexity index is 1040. The van der Waals surface area contributed by atoms with Crippen LogP contribution in [0.25, 0.3) is 0 Å². The molecule has 2 aromatic heterocycles. The summed E-state index contributed by atoms with van der Waals surface area (Å²) in [5.41, 5.74) is 8.03. The summed E-state index contributed by atoms with van der Waals surface area (Å²) in [5.74, 6) is 1.04. The van der Waals surface area contributed by atoms with Crippen molar-refractivity contribution in [2.75, 3.05) is 13.1 Å². The van der Waals surface area contributed by atoms with Gasteiger partial charge in [-0.3, -0.25) is 14.6 Å². The molecule has 2 heterocycles. The lowest BCUT2D eigenvalue weighted by Crippen LogP contribution is -2.50. The van der Waals surface area contributed by atoms with Gasteiger partial charge in [0.25, 0.3) is 0 Å². The Balaban J connectivity index is 1.83. The predicted octanol–water partition coefficient (Wildman–Crippen LogP) is 5.42. The average Bonchev–Trinajstić information content (AvgIpc) is 3.65. The summed E-state index contributed by atoms with van der Waals surface area (Å²) >= 11 is 0. The smallest absolute Gasteiger partial charge is 0.317 e. The Hall–Kier alpha value is -3.01. The molecule has 0 amide bonds. The van der Waals surface area contributed by atoms with Gasteiger partial charge in [-0.2, -0.15) is 0 Å². The topological polar surface area (TPSA) is 127 Å². The molecule has 9 heteroatoms. The molecule has 0 saturated carbocycles. The number of aromatic nitrogens is 4. The van der Waals surface area contributed by atoms with E-state index in [-0.39, 0.29) is 24.2 Å². The zero-order valence-electron chi connectivity index (χ0n) is 24.1. The number of H-pyrrole nitrogens is 2. The third-order valence-electron chi connectivity index (χ3n) is 7.86. The number of carbonyl (C=O) groups is 1. The van der Waals surface area contributed by atoms with Crippen LogP contribution in [0.2, 0.25) is 0 Å². The zero-order chi connectivity index (χ0) is 28.3. The molecule has 0 saturated heterocycles. The van der Waals surface area contributed by atoms with Crippen molar-refractivity contribution in [2.24, 2.45) is 5.73 Å². The van der Waals surface area contributed by atoms with E-state index in [0.29, 0.717) is 13.1 Å². The highest BCUT2D eigenvalue weighted by Gasteiger charge is 2.36. The molecule has 3 aromatic rings. The molecule has 2 atom stereocenters. The van der Waals surface area contributed by atoms with Crippen molar-refractivity contribution in [3.63, 3.8) is 0 Å². The first-order chi connectivity index (χ1) is 18.8. The van der Waals surface area contributed by atoms with Crippen molar-refractivity contribution in [2.45, 2.75) is 96.9 Å². The Morgan fingerprint density at radius 1 is 0.923 bits per heavy atom. The molecular weight excluding hydrogens is 490 g/mol. The summed E-state index contributed by atoms with van der Waals surface area (Å²) in [6.45, 7) is 10.6. The molecule has 0 aliphatic carbocycles. The van der Waals surface area contributed by atoms with Crippen LogP contribution in [0.15, 0.2) is 49.1 Å². The number of imidazole rings is 2. The molecule has 1 aromatic carbocycles. The van der Waals surface area contributed by atoms with E-state index in [2.05, 4.69) is 81.7 Å². The molecule has 9 nitrogen and oxygen atoms in total. The molecular formula is C30H47N7O2. The van der Waals surface area contributed by atoms with Gasteiger partial charge in [-0.05, 0) is 57.2 Å². The summed E-state index contributed by atoms with van der Waals surface area (Å²) in [6, 6.07) is 8.71. The summed E-state index contributed by atoms with van der Waals surface area (Å²) in [7, 11) is 0. The van der Waals surface area contributed by atoms with Crippen LogP contribution in [0, 0.1) is 0 Å². The quantitative estimate of drug-likeness (QED) is 0.171. The lowest BCUT2D eigenvalue weighted by Gasteiger charge is -2.44. The largest absolute Gasteiger partial charge is 0.480 e. The summed E-state index contributed by atoms with van der Waals surface area (Å²) in [4.78, 5) is 32.0. The van der Waals surface area contributed by atoms with Crippen molar-refractivity contribution >= 4 is 5.97 Å². The maximum Gasteiger partial charge on any atom is 0.317 e. The predicted molar refractivity (Wildman–Crippen MR) is 155 cm³/mol. The van der Waals surface area contributed by atoms with Gasteiger partial charge in [0.05, 0.1) is 18.6 Å². The first kappa shape index (κ1) is 30.5. The summed E-state index contributed by atoms with van der Waals surface area (Å²) < 4.78 is 0. The van der Waals surface area contributed by atoms with Crippen molar-refractivity contribution in [3.05, 3.63) is 71.8 Å². The molecule has 0 radical (unpaired) electrons. The SMILES string of the molecule is CCCC(CCC)(CCCN)N(CC(=O)O)Cc1ccc(CN(C(C)c2ncc[nH]2)C(C)c2ncc[nH]2)cc1. The van der Waals surface area contributed by atoms with Crippen LogP contribution < -0.4 is 5.73 Å². The highest BCUT2D eigenvalue weighted by molar-refractivity contribution is 5.69. The number of aromatic amines is 2. The number of rotatable bonds is 18. The maximum atomic E-state index is 11.9. The minimum absolute atomic E-state index is 0.0292.